The van der Waals surface area contributed by atoms with Crippen molar-refractivity contribution in [2.24, 2.45) is 23.7 Å². The fourth-order valence-electron chi connectivity index (χ4n) is 7.04. The van der Waals surface area contributed by atoms with E-state index in [4.69, 9.17) is 16.3 Å². The summed E-state index contributed by atoms with van der Waals surface area (Å²) in [5, 5.41) is 21.1. The number of fused-ring (bicyclic) bond motifs is 1. The number of aryl methyl sites for hydroxylation is 1. The van der Waals surface area contributed by atoms with Crippen LogP contribution in [0, 0.1) is 30.6 Å². The number of hydrogen-bond acceptors (Lipinski definition) is 5. The Hall–Kier alpha value is -2.42. The lowest BCUT2D eigenvalue weighted by Crippen LogP contribution is -2.60. The Morgan fingerprint density at radius 3 is 2.62 bits per heavy atom. The Balaban J connectivity index is 1.94. The highest BCUT2D eigenvalue weighted by Crippen LogP contribution is 2.65. The van der Waals surface area contributed by atoms with Gasteiger partial charge in [-0.1, -0.05) is 57.0 Å². The van der Waals surface area contributed by atoms with Crippen LogP contribution in [0.4, 0.5) is 5.69 Å². The predicted molar refractivity (Wildman–Crippen MR) is 140 cm³/mol. The summed E-state index contributed by atoms with van der Waals surface area (Å²) in [7, 11) is 0. The van der Waals surface area contributed by atoms with Crippen molar-refractivity contribution in [2.75, 3.05) is 18.1 Å². The van der Waals surface area contributed by atoms with Gasteiger partial charge in [-0.05, 0) is 43.7 Å². The number of hydrogen-bond donors (Lipinski definition) is 2. The van der Waals surface area contributed by atoms with E-state index in [2.05, 4.69) is 6.58 Å². The lowest BCUT2D eigenvalue weighted by Gasteiger charge is -2.41. The summed E-state index contributed by atoms with van der Waals surface area (Å²) in [5.74, 6) is -4.45. The smallest absolute Gasteiger partial charge is 0.310 e. The number of carbonyl (C=O) groups is 3. The van der Waals surface area contributed by atoms with Crippen molar-refractivity contribution < 1.29 is 29.3 Å². The number of rotatable bonds is 9. The fourth-order valence-corrected chi connectivity index (χ4v) is 7.36. The van der Waals surface area contributed by atoms with Crippen LogP contribution < -0.4 is 4.90 Å². The Morgan fingerprint density at radius 1 is 1.41 bits per heavy atom. The van der Waals surface area contributed by atoms with Gasteiger partial charge in [0.05, 0.1) is 34.9 Å². The molecule has 37 heavy (non-hydrogen) atoms. The van der Waals surface area contributed by atoms with Crippen molar-refractivity contribution >= 4 is 35.1 Å². The maximum absolute atomic E-state index is 14.7. The zero-order chi connectivity index (χ0) is 27.4. The third-order valence-corrected chi connectivity index (χ3v) is 9.44. The summed E-state index contributed by atoms with van der Waals surface area (Å²) in [6.07, 6.45) is 2.61. The van der Waals surface area contributed by atoms with Crippen molar-refractivity contribution in [1.29, 1.82) is 0 Å². The number of para-hydroxylation sites is 1. The van der Waals surface area contributed by atoms with Gasteiger partial charge in [0.2, 0.25) is 5.91 Å². The molecule has 0 aromatic heterocycles. The molecule has 2 N–H and O–H groups in total. The normalized spacial score (nSPS) is 33.8. The number of anilines is 1. The van der Waals surface area contributed by atoms with Gasteiger partial charge in [-0.2, -0.15) is 0 Å². The molecule has 0 aliphatic carbocycles. The third-order valence-electron chi connectivity index (χ3n) is 9.13. The third kappa shape index (κ3) is 3.82. The molecule has 3 aliphatic rings. The second kappa shape index (κ2) is 9.71. The van der Waals surface area contributed by atoms with Gasteiger partial charge in [0.25, 0.3) is 5.91 Å². The Bertz CT molecular complexity index is 1110. The zero-order valence-corrected chi connectivity index (χ0v) is 22.9. The molecule has 1 aromatic rings. The van der Waals surface area contributed by atoms with Gasteiger partial charge >= 0.3 is 5.97 Å². The Kier molecular flexibility index (Phi) is 7.25. The molecule has 3 heterocycles. The van der Waals surface area contributed by atoms with E-state index in [9.17, 15) is 24.6 Å². The summed E-state index contributed by atoms with van der Waals surface area (Å²) in [4.78, 5) is 44.3. The number of aliphatic hydroxyl groups excluding tert-OH is 1. The van der Waals surface area contributed by atoms with Crippen molar-refractivity contribution in [3.8, 4) is 0 Å². The second-order valence-corrected chi connectivity index (χ2v) is 11.5. The van der Waals surface area contributed by atoms with Crippen LogP contribution in [0.25, 0.3) is 0 Å². The number of carbonyl (C=O) groups excluding carboxylic acids is 2. The Labute approximate surface area is 223 Å². The van der Waals surface area contributed by atoms with E-state index in [0.29, 0.717) is 23.6 Å². The van der Waals surface area contributed by atoms with E-state index in [1.807, 2.05) is 33.8 Å². The van der Waals surface area contributed by atoms with Crippen molar-refractivity contribution in [3.05, 3.63) is 41.4 Å². The minimum absolute atomic E-state index is 0.130. The van der Waals surface area contributed by atoms with E-state index < -0.39 is 52.9 Å². The van der Waals surface area contributed by atoms with Gasteiger partial charge in [-0.25, -0.2) is 0 Å². The van der Waals surface area contributed by atoms with E-state index in [1.165, 1.54) is 9.80 Å². The van der Waals surface area contributed by atoms with E-state index >= 15 is 0 Å². The number of ether oxygens (including phenoxy) is 1. The van der Waals surface area contributed by atoms with Gasteiger partial charge in [-0.3, -0.25) is 14.4 Å². The highest BCUT2D eigenvalue weighted by Gasteiger charge is 2.80. The van der Waals surface area contributed by atoms with Crippen LogP contribution in [-0.4, -0.2) is 69.3 Å². The number of halogens is 1. The quantitative estimate of drug-likeness (QED) is 0.470. The maximum Gasteiger partial charge on any atom is 0.310 e. The monoisotopic (exact) mass is 532 g/mol. The van der Waals surface area contributed by atoms with Gasteiger partial charge < -0.3 is 24.7 Å². The number of nitrogens with zero attached hydrogens (tertiary/aromatic N) is 2. The molecule has 3 aliphatic heterocycles. The van der Waals surface area contributed by atoms with Crippen molar-refractivity contribution in [3.63, 3.8) is 0 Å². The first-order chi connectivity index (χ1) is 17.4. The fraction of sp³-hybridized carbons (Fsp3) is 0.607. The first-order valence-corrected chi connectivity index (χ1v) is 13.3. The molecule has 2 bridgehead atoms. The standard InChI is InChI=1S/C28H37ClN2O6/c1-7-12-30(22-16(4)10-9-11-18(22)29)25(34)23-28-13-17(5)27(6,37-28)21(26(35)36)20(28)24(33)31(23)19(14-32)15(3)8-2/h7,9-11,15,17,19-21,23,32H,1,8,12-14H2,2-6H3,(H,35,36)/t15-,17?,19-,20-,21+,23?,27-,28?/m0/s1. The zero-order valence-electron chi connectivity index (χ0n) is 22.1. The van der Waals surface area contributed by atoms with Gasteiger partial charge in [0.1, 0.15) is 17.6 Å². The van der Waals surface area contributed by atoms with Gasteiger partial charge in [0, 0.05) is 6.54 Å². The Morgan fingerprint density at radius 2 is 2.08 bits per heavy atom. The van der Waals surface area contributed by atoms with Crippen LogP contribution >= 0.6 is 11.6 Å². The van der Waals surface area contributed by atoms with Crippen LogP contribution in [-0.2, 0) is 19.1 Å². The molecule has 0 saturated carbocycles. The van der Waals surface area contributed by atoms with Gasteiger partial charge in [-0.15, -0.1) is 6.58 Å². The first kappa shape index (κ1) is 27.6. The maximum atomic E-state index is 14.7. The minimum Gasteiger partial charge on any atom is -0.481 e. The van der Waals surface area contributed by atoms with Crippen molar-refractivity contribution in [2.45, 2.75) is 70.7 Å². The average Bonchev–Trinajstić information content (AvgIpc) is 3.35. The second-order valence-electron chi connectivity index (χ2n) is 11.1. The topological polar surface area (TPSA) is 107 Å². The molecule has 9 heteroatoms. The lowest BCUT2D eigenvalue weighted by molar-refractivity contribution is -0.158. The molecule has 1 aromatic carbocycles. The number of aliphatic carboxylic acids is 1. The number of benzene rings is 1. The molecule has 8 nitrogen and oxygen atoms in total. The van der Waals surface area contributed by atoms with E-state index in [-0.39, 0.29) is 25.0 Å². The summed E-state index contributed by atoms with van der Waals surface area (Å²) >= 11 is 6.58. The summed E-state index contributed by atoms with van der Waals surface area (Å²) in [6, 6.07) is 3.54. The van der Waals surface area contributed by atoms with Gasteiger partial charge in [0.15, 0.2) is 0 Å². The van der Waals surface area contributed by atoms with Crippen LogP contribution in [0.2, 0.25) is 5.02 Å². The van der Waals surface area contributed by atoms with E-state index in [0.717, 1.165) is 5.56 Å². The SMILES string of the molecule is C=CCN(C(=O)C1N([C@@H](CO)[C@@H](C)CC)C(=O)[C@@H]2[C@H](C(=O)O)[C@@]3(C)OC12CC3C)c1c(C)cccc1Cl. The molecule has 1 spiro atoms. The first-order valence-electron chi connectivity index (χ1n) is 12.9. The summed E-state index contributed by atoms with van der Waals surface area (Å²) in [5.41, 5.74) is -1.15. The minimum atomic E-state index is -1.33. The van der Waals surface area contributed by atoms with Crippen LogP contribution in [0.15, 0.2) is 30.9 Å². The van der Waals surface area contributed by atoms with Crippen molar-refractivity contribution in [1.82, 2.24) is 4.90 Å². The summed E-state index contributed by atoms with van der Waals surface area (Å²) in [6.45, 7) is 13.0. The molecular formula is C28H37ClN2O6. The van der Waals surface area contributed by atoms with Crippen LogP contribution in [0.5, 0.6) is 0 Å². The molecule has 8 atom stereocenters. The molecule has 2 amide bonds. The number of carboxylic acids is 1. The number of carboxylic acid groups (broad SMARTS) is 1. The molecule has 0 radical (unpaired) electrons. The van der Waals surface area contributed by atoms with E-state index in [1.54, 1.807) is 25.1 Å². The molecule has 3 saturated heterocycles. The molecule has 3 fully saturated rings. The highest BCUT2D eigenvalue weighted by atomic mass is 35.5. The predicted octanol–water partition coefficient (Wildman–Crippen LogP) is 3.67. The number of aliphatic hydroxyl groups is 1. The molecule has 4 rings (SSSR count). The summed E-state index contributed by atoms with van der Waals surface area (Å²) < 4.78 is 6.59. The lowest BCUT2D eigenvalue weighted by atomic mass is 9.62. The van der Waals surface area contributed by atoms with Crippen LogP contribution in [0.3, 0.4) is 0 Å². The molecular weight excluding hydrogens is 496 g/mol. The average molecular weight is 533 g/mol. The molecule has 3 unspecified atom stereocenters. The largest absolute Gasteiger partial charge is 0.481 e. The number of likely N-dealkylation sites (tertiary alicyclic amines) is 1. The molecule has 202 valence electrons. The number of amides is 2. The highest BCUT2D eigenvalue weighted by molar-refractivity contribution is 6.34. The van der Waals surface area contributed by atoms with Crippen LogP contribution in [0.1, 0.15) is 46.1 Å².